The molecule has 0 amide bonds. The molecule has 0 spiro atoms. The van der Waals surface area contributed by atoms with Crippen LogP contribution in [0.4, 0.5) is 0 Å². The van der Waals surface area contributed by atoms with Crippen LogP contribution in [0.15, 0.2) is 85.2 Å². The number of carbonyl (C=O) groups excluding carboxylic acids is 1. The summed E-state index contributed by atoms with van der Waals surface area (Å²) in [5, 5.41) is 0. The molecule has 130 valence electrons. The van der Waals surface area contributed by atoms with Crippen molar-refractivity contribution in [2.24, 2.45) is 0 Å². The number of carbonyl (C=O) groups is 1. The number of hydrogen-bond acceptors (Lipinski definition) is 4. The summed E-state index contributed by atoms with van der Waals surface area (Å²) >= 11 is 0. The Balaban J connectivity index is 1.81. The Morgan fingerprint density at radius 3 is 2.46 bits per heavy atom. The first kappa shape index (κ1) is 17.4. The van der Waals surface area contributed by atoms with Gasteiger partial charge in [-0.1, -0.05) is 42.5 Å². The van der Waals surface area contributed by atoms with Crippen molar-refractivity contribution in [3.8, 4) is 5.75 Å². The average Bonchev–Trinajstić information content (AvgIpc) is 2.72. The molecule has 3 aromatic rings. The highest BCUT2D eigenvalue weighted by atomic mass is 16.5. The van der Waals surface area contributed by atoms with E-state index in [1.54, 1.807) is 24.4 Å². The second-order valence-electron chi connectivity index (χ2n) is 5.56. The zero-order valence-corrected chi connectivity index (χ0v) is 14.5. The van der Waals surface area contributed by atoms with Gasteiger partial charge in [-0.25, -0.2) is 4.79 Å². The Bertz CT molecular complexity index is 848. The number of esters is 1. The van der Waals surface area contributed by atoms with Crippen molar-refractivity contribution < 1.29 is 14.3 Å². The quantitative estimate of drug-likeness (QED) is 0.622. The van der Waals surface area contributed by atoms with Crippen molar-refractivity contribution in [1.82, 2.24) is 4.98 Å². The van der Waals surface area contributed by atoms with E-state index < -0.39 is 0 Å². The maximum Gasteiger partial charge on any atom is 0.337 e. The third-order valence-corrected chi connectivity index (χ3v) is 3.85. The molecule has 4 nitrogen and oxygen atoms in total. The largest absolute Gasteiger partial charge is 0.489 e. The van der Waals surface area contributed by atoms with Gasteiger partial charge in [0.25, 0.3) is 0 Å². The van der Waals surface area contributed by atoms with Crippen LogP contribution >= 0.6 is 0 Å². The molecule has 0 saturated carbocycles. The summed E-state index contributed by atoms with van der Waals surface area (Å²) in [5.41, 5.74) is 3.62. The fourth-order valence-corrected chi connectivity index (χ4v) is 2.59. The van der Waals surface area contributed by atoms with E-state index in [4.69, 9.17) is 9.47 Å². The van der Waals surface area contributed by atoms with Gasteiger partial charge in [0.1, 0.15) is 12.4 Å². The maximum atomic E-state index is 11.6. The molecule has 4 heteroatoms. The van der Waals surface area contributed by atoms with Crippen LogP contribution in [-0.2, 0) is 4.74 Å². The minimum atomic E-state index is -0.383. The van der Waals surface area contributed by atoms with E-state index >= 15 is 0 Å². The molecule has 0 saturated heterocycles. The van der Waals surface area contributed by atoms with Crippen molar-refractivity contribution >= 4 is 11.5 Å². The van der Waals surface area contributed by atoms with Crippen LogP contribution in [0.3, 0.4) is 0 Å². The topological polar surface area (TPSA) is 48.4 Å². The Labute approximate surface area is 152 Å². The highest BCUT2D eigenvalue weighted by Gasteiger charge is 2.07. The summed E-state index contributed by atoms with van der Waals surface area (Å²) in [6.07, 6.45) is 5.59. The molecule has 0 unspecified atom stereocenters. The Morgan fingerprint density at radius 2 is 1.73 bits per heavy atom. The molecule has 0 radical (unpaired) electrons. The average molecular weight is 345 g/mol. The van der Waals surface area contributed by atoms with Gasteiger partial charge >= 0.3 is 5.97 Å². The van der Waals surface area contributed by atoms with E-state index in [0.717, 1.165) is 16.7 Å². The van der Waals surface area contributed by atoms with Crippen molar-refractivity contribution in [2.75, 3.05) is 13.7 Å². The molecule has 0 N–H and O–H groups in total. The summed E-state index contributed by atoms with van der Waals surface area (Å²) < 4.78 is 10.5. The molecule has 26 heavy (non-hydrogen) atoms. The Kier molecular flexibility index (Phi) is 5.78. The lowest BCUT2D eigenvalue weighted by molar-refractivity contribution is 0.0600. The normalized spacial score (nSPS) is 11.0. The fourth-order valence-electron chi connectivity index (χ4n) is 2.59. The van der Waals surface area contributed by atoms with Crippen LogP contribution in [0, 0.1) is 0 Å². The molecule has 2 aromatic carbocycles. The van der Waals surface area contributed by atoms with Gasteiger partial charge in [0, 0.05) is 18.0 Å². The number of methoxy groups -OCH3 is 1. The second kappa shape index (κ2) is 8.62. The SMILES string of the molecule is COC(=O)c1cccc(OCC=C(c2ccccc2)c2cccnc2)c1. The molecule has 0 bridgehead atoms. The minimum absolute atomic E-state index is 0.365. The number of hydrogen-bond donors (Lipinski definition) is 0. The van der Waals surface area contributed by atoms with E-state index in [1.807, 2.05) is 48.7 Å². The highest BCUT2D eigenvalue weighted by molar-refractivity contribution is 5.89. The summed E-state index contributed by atoms with van der Waals surface area (Å²) in [6.45, 7) is 0.365. The molecule has 1 heterocycles. The van der Waals surface area contributed by atoms with Gasteiger partial charge in [0.05, 0.1) is 12.7 Å². The summed E-state index contributed by atoms with van der Waals surface area (Å²) in [5.74, 6) is 0.231. The molecule has 0 aliphatic rings. The first-order chi connectivity index (χ1) is 12.8. The molecular weight excluding hydrogens is 326 g/mol. The van der Waals surface area contributed by atoms with Crippen LogP contribution in [0.25, 0.3) is 5.57 Å². The van der Waals surface area contributed by atoms with Crippen molar-refractivity contribution in [3.63, 3.8) is 0 Å². The van der Waals surface area contributed by atoms with Gasteiger partial charge in [0.2, 0.25) is 0 Å². The minimum Gasteiger partial charge on any atom is -0.489 e. The number of nitrogens with zero attached hydrogens (tertiary/aromatic N) is 1. The number of pyridine rings is 1. The lowest BCUT2D eigenvalue weighted by Gasteiger charge is -2.10. The monoisotopic (exact) mass is 345 g/mol. The zero-order chi connectivity index (χ0) is 18.2. The first-order valence-corrected chi connectivity index (χ1v) is 8.25. The van der Waals surface area contributed by atoms with Crippen molar-refractivity contribution in [2.45, 2.75) is 0 Å². The molecule has 0 fully saturated rings. The predicted molar refractivity (Wildman–Crippen MR) is 101 cm³/mol. The Hall–Kier alpha value is -3.40. The standard InChI is InChI=1S/C22H19NO3/c1-25-22(24)18-9-5-11-20(15-18)26-14-12-21(17-7-3-2-4-8-17)19-10-6-13-23-16-19/h2-13,15-16H,14H2,1H3. The van der Waals surface area contributed by atoms with Crippen LogP contribution in [-0.4, -0.2) is 24.7 Å². The van der Waals surface area contributed by atoms with Gasteiger partial charge < -0.3 is 9.47 Å². The van der Waals surface area contributed by atoms with Crippen molar-refractivity contribution in [3.05, 3.63) is 102 Å². The van der Waals surface area contributed by atoms with E-state index in [2.05, 4.69) is 17.1 Å². The lowest BCUT2D eigenvalue weighted by Crippen LogP contribution is -2.02. The van der Waals surface area contributed by atoms with Crippen LogP contribution in [0.2, 0.25) is 0 Å². The van der Waals surface area contributed by atoms with E-state index in [1.165, 1.54) is 7.11 Å². The maximum absolute atomic E-state index is 11.6. The first-order valence-electron chi connectivity index (χ1n) is 8.25. The second-order valence-corrected chi connectivity index (χ2v) is 5.56. The summed E-state index contributed by atoms with van der Waals surface area (Å²) in [4.78, 5) is 15.8. The van der Waals surface area contributed by atoms with E-state index in [0.29, 0.717) is 17.9 Å². The zero-order valence-electron chi connectivity index (χ0n) is 14.5. The predicted octanol–water partition coefficient (Wildman–Crippen LogP) is 4.38. The van der Waals surface area contributed by atoms with E-state index in [9.17, 15) is 4.79 Å². The van der Waals surface area contributed by atoms with Gasteiger partial charge in [-0.3, -0.25) is 4.98 Å². The van der Waals surface area contributed by atoms with Gasteiger partial charge in [-0.05, 0) is 41.5 Å². The number of benzene rings is 2. The third-order valence-electron chi connectivity index (χ3n) is 3.85. The number of ether oxygens (including phenoxy) is 2. The highest BCUT2D eigenvalue weighted by Crippen LogP contribution is 2.23. The van der Waals surface area contributed by atoms with E-state index in [-0.39, 0.29) is 5.97 Å². The molecule has 0 aliphatic carbocycles. The number of rotatable bonds is 6. The Morgan fingerprint density at radius 1 is 0.962 bits per heavy atom. The summed E-state index contributed by atoms with van der Waals surface area (Å²) in [7, 11) is 1.36. The lowest BCUT2D eigenvalue weighted by atomic mass is 9.99. The molecule has 3 rings (SSSR count). The van der Waals surface area contributed by atoms with Crippen LogP contribution in [0.5, 0.6) is 5.75 Å². The van der Waals surface area contributed by atoms with Gasteiger partial charge in [0.15, 0.2) is 0 Å². The fraction of sp³-hybridized carbons (Fsp3) is 0.0909. The van der Waals surface area contributed by atoms with Gasteiger partial charge in [-0.15, -0.1) is 0 Å². The van der Waals surface area contributed by atoms with Gasteiger partial charge in [-0.2, -0.15) is 0 Å². The third kappa shape index (κ3) is 4.36. The molecule has 1 aromatic heterocycles. The molecule has 0 aliphatic heterocycles. The molecule has 0 atom stereocenters. The van der Waals surface area contributed by atoms with Crippen LogP contribution in [0.1, 0.15) is 21.5 Å². The summed E-state index contributed by atoms with van der Waals surface area (Å²) in [6, 6.07) is 21.0. The molecular formula is C22H19NO3. The van der Waals surface area contributed by atoms with Crippen LogP contribution < -0.4 is 4.74 Å². The van der Waals surface area contributed by atoms with Crippen molar-refractivity contribution in [1.29, 1.82) is 0 Å². The smallest absolute Gasteiger partial charge is 0.337 e. The number of aromatic nitrogens is 1.